The Labute approximate surface area is 48.1 Å². The van der Waals surface area contributed by atoms with Crippen molar-refractivity contribution in [1.29, 1.82) is 0 Å². The van der Waals surface area contributed by atoms with Crippen molar-refractivity contribution >= 4 is 19.6 Å². The molecule has 0 saturated carbocycles. The van der Waals surface area contributed by atoms with Gasteiger partial charge in [-0.1, -0.05) is 6.92 Å². The van der Waals surface area contributed by atoms with E-state index < -0.39 is 17.6 Å². The van der Waals surface area contributed by atoms with E-state index in [-0.39, 0.29) is 0 Å². The molecule has 8 heavy (non-hydrogen) atoms. The molecule has 0 aromatic rings. The van der Waals surface area contributed by atoms with E-state index in [0.29, 0.717) is 0 Å². The fourth-order valence-electron chi connectivity index (χ4n) is 0.195. The van der Waals surface area contributed by atoms with Crippen LogP contribution in [0.5, 0.6) is 0 Å². The molecule has 0 rings (SSSR count). The van der Waals surface area contributed by atoms with Gasteiger partial charge in [0.25, 0.3) is 0 Å². The lowest BCUT2D eigenvalue weighted by Gasteiger charge is -1.94. The van der Waals surface area contributed by atoms with Crippen LogP contribution in [-0.2, 0) is 9.59 Å². The SMILES string of the molecule is [B]C(C)C(=O)C(=O)O. The Morgan fingerprint density at radius 1 is 1.62 bits per heavy atom. The van der Waals surface area contributed by atoms with Crippen molar-refractivity contribution in [2.45, 2.75) is 12.7 Å². The largest absolute Gasteiger partial charge is 0.476 e. The minimum atomic E-state index is -1.47. The van der Waals surface area contributed by atoms with Crippen molar-refractivity contribution in [2.75, 3.05) is 0 Å². The molecule has 0 amide bonds. The number of carbonyl (C=O) groups is 2. The maximum absolute atomic E-state index is 10.1. The van der Waals surface area contributed by atoms with Gasteiger partial charge in [0, 0.05) is 0 Å². The summed E-state index contributed by atoms with van der Waals surface area (Å²) in [5.74, 6) is -3.32. The molecule has 0 saturated heterocycles. The number of carboxylic acids is 1. The first-order valence-corrected chi connectivity index (χ1v) is 2.08. The summed E-state index contributed by atoms with van der Waals surface area (Å²) in [7, 11) is 4.91. The van der Waals surface area contributed by atoms with E-state index in [9.17, 15) is 9.59 Å². The quantitative estimate of drug-likeness (QED) is 0.391. The lowest BCUT2D eigenvalue weighted by atomic mass is 9.86. The molecular formula is C4H5BO3. The number of ketones is 1. The molecule has 0 aliphatic carbocycles. The summed E-state index contributed by atoms with van der Waals surface area (Å²) in [5.41, 5.74) is 0. The van der Waals surface area contributed by atoms with Crippen LogP contribution in [0.2, 0.25) is 5.82 Å². The number of hydrogen-bond acceptors (Lipinski definition) is 2. The van der Waals surface area contributed by atoms with E-state index in [4.69, 9.17) is 13.0 Å². The molecule has 0 aliphatic heterocycles. The second-order valence-corrected chi connectivity index (χ2v) is 1.46. The second kappa shape index (κ2) is 2.50. The number of aliphatic carboxylic acids is 1. The molecule has 3 nitrogen and oxygen atoms in total. The van der Waals surface area contributed by atoms with Crippen LogP contribution in [0, 0.1) is 0 Å². The Bertz CT molecular complexity index is 118. The molecule has 0 aliphatic rings. The Balaban J connectivity index is 3.84. The Morgan fingerprint density at radius 2 is 2.00 bits per heavy atom. The summed E-state index contributed by atoms with van der Waals surface area (Å²) in [6.07, 6.45) is 0. The maximum atomic E-state index is 10.1. The van der Waals surface area contributed by atoms with Crippen molar-refractivity contribution in [1.82, 2.24) is 0 Å². The molecule has 1 N–H and O–H groups in total. The second-order valence-electron chi connectivity index (χ2n) is 1.46. The van der Waals surface area contributed by atoms with Gasteiger partial charge in [0.2, 0.25) is 5.78 Å². The minimum Gasteiger partial charge on any atom is -0.476 e. The predicted octanol–water partition coefficient (Wildman–Crippen LogP) is -0.383. The zero-order valence-corrected chi connectivity index (χ0v) is 4.42. The highest BCUT2D eigenvalue weighted by molar-refractivity contribution is 6.44. The number of Topliss-reactive ketones (excluding diaryl/α,β-unsaturated/α-hetero) is 1. The maximum Gasteiger partial charge on any atom is 0.371 e. The molecule has 1 atom stereocenters. The summed E-state index contributed by atoms with van der Waals surface area (Å²) < 4.78 is 0. The van der Waals surface area contributed by atoms with Crippen molar-refractivity contribution < 1.29 is 14.7 Å². The van der Waals surface area contributed by atoms with Crippen LogP contribution >= 0.6 is 0 Å². The Morgan fingerprint density at radius 3 is 2.00 bits per heavy atom. The molecule has 2 radical (unpaired) electrons. The van der Waals surface area contributed by atoms with E-state index in [1.165, 1.54) is 6.92 Å². The lowest BCUT2D eigenvalue weighted by Crippen LogP contribution is -2.16. The van der Waals surface area contributed by atoms with Gasteiger partial charge in [-0.25, -0.2) is 4.79 Å². The first-order valence-electron chi connectivity index (χ1n) is 2.08. The Hall–Kier alpha value is -0.795. The van der Waals surface area contributed by atoms with Gasteiger partial charge in [0.1, 0.15) is 0 Å². The van der Waals surface area contributed by atoms with Crippen LogP contribution in [0.4, 0.5) is 0 Å². The topological polar surface area (TPSA) is 54.4 Å². The molecule has 42 valence electrons. The third kappa shape index (κ3) is 1.77. The zero-order valence-electron chi connectivity index (χ0n) is 4.42. The summed E-state index contributed by atoms with van der Waals surface area (Å²) in [6, 6.07) is 0. The smallest absolute Gasteiger partial charge is 0.371 e. The van der Waals surface area contributed by atoms with Crippen LogP contribution in [0.1, 0.15) is 6.92 Å². The predicted molar refractivity (Wildman–Crippen MR) is 27.8 cm³/mol. The van der Waals surface area contributed by atoms with Crippen molar-refractivity contribution in [3.8, 4) is 0 Å². The van der Waals surface area contributed by atoms with Crippen LogP contribution in [-0.4, -0.2) is 24.7 Å². The summed E-state index contributed by atoms with van der Waals surface area (Å²) in [4.78, 5) is 19.8. The fraction of sp³-hybridized carbons (Fsp3) is 0.500. The first kappa shape index (κ1) is 7.20. The minimum absolute atomic E-state index is 0.896. The first-order chi connectivity index (χ1) is 3.55. The molecule has 4 heteroatoms. The van der Waals surface area contributed by atoms with Crippen LogP contribution in [0.25, 0.3) is 0 Å². The average Bonchev–Trinajstić information content (AvgIpc) is 1.64. The van der Waals surface area contributed by atoms with Gasteiger partial charge in [-0.2, -0.15) is 0 Å². The third-order valence-corrected chi connectivity index (χ3v) is 0.624. The number of hydrogen-bond donors (Lipinski definition) is 1. The van der Waals surface area contributed by atoms with Gasteiger partial charge in [-0.05, 0) is 5.82 Å². The molecule has 0 bridgehead atoms. The highest BCUT2D eigenvalue weighted by Crippen LogP contribution is 1.95. The summed E-state index contributed by atoms with van der Waals surface area (Å²) in [5, 5.41) is 7.92. The van der Waals surface area contributed by atoms with Crippen molar-refractivity contribution in [3.05, 3.63) is 0 Å². The van der Waals surface area contributed by atoms with Gasteiger partial charge in [0.15, 0.2) is 0 Å². The average molecular weight is 112 g/mol. The summed E-state index contributed by atoms with van der Waals surface area (Å²) in [6.45, 7) is 1.33. The van der Waals surface area contributed by atoms with Crippen LogP contribution in [0.15, 0.2) is 0 Å². The number of rotatable bonds is 2. The fourth-order valence-corrected chi connectivity index (χ4v) is 0.195. The Kier molecular flexibility index (Phi) is 2.25. The molecule has 0 heterocycles. The number of carbonyl (C=O) groups excluding carboxylic acids is 1. The van der Waals surface area contributed by atoms with E-state index >= 15 is 0 Å². The molecule has 0 aromatic carbocycles. The van der Waals surface area contributed by atoms with Crippen molar-refractivity contribution in [2.24, 2.45) is 0 Å². The molecule has 1 unspecified atom stereocenters. The highest BCUT2D eigenvalue weighted by atomic mass is 16.4. The lowest BCUT2D eigenvalue weighted by molar-refractivity contribution is -0.148. The van der Waals surface area contributed by atoms with Gasteiger partial charge in [-0.15, -0.1) is 0 Å². The van der Waals surface area contributed by atoms with Crippen molar-refractivity contribution in [3.63, 3.8) is 0 Å². The highest BCUT2D eigenvalue weighted by Gasteiger charge is 2.13. The normalized spacial score (nSPS) is 12.6. The zero-order chi connectivity index (χ0) is 6.73. The van der Waals surface area contributed by atoms with Gasteiger partial charge in [-0.3, -0.25) is 4.79 Å². The third-order valence-electron chi connectivity index (χ3n) is 0.624. The number of carboxylic acid groups (broad SMARTS) is 1. The van der Waals surface area contributed by atoms with Crippen LogP contribution in [0.3, 0.4) is 0 Å². The van der Waals surface area contributed by atoms with Gasteiger partial charge >= 0.3 is 5.97 Å². The van der Waals surface area contributed by atoms with Crippen LogP contribution < -0.4 is 0 Å². The van der Waals surface area contributed by atoms with E-state index in [1.54, 1.807) is 0 Å². The molecule has 0 spiro atoms. The van der Waals surface area contributed by atoms with E-state index in [0.717, 1.165) is 0 Å². The van der Waals surface area contributed by atoms with Gasteiger partial charge < -0.3 is 5.11 Å². The molecule has 0 fully saturated rings. The standard InChI is InChI=1S/C4H5BO3/c1-2(5)3(6)4(7)8/h2H,1H3,(H,7,8). The van der Waals surface area contributed by atoms with E-state index in [2.05, 4.69) is 0 Å². The van der Waals surface area contributed by atoms with E-state index in [1.807, 2.05) is 0 Å². The molecule has 0 aromatic heterocycles. The monoisotopic (exact) mass is 112 g/mol. The molecular weight excluding hydrogens is 107 g/mol. The van der Waals surface area contributed by atoms with Gasteiger partial charge in [0.05, 0.1) is 7.85 Å². The summed E-state index contributed by atoms with van der Waals surface area (Å²) >= 11 is 0.